The second-order valence-electron chi connectivity index (χ2n) is 11.1. The number of hydrogen-bond donors (Lipinski definition) is 3. The van der Waals surface area contributed by atoms with E-state index in [1.807, 2.05) is 60.7 Å². The molecule has 0 spiro atoms. The lowest BCUT2D eigenvalue weighted by atomic mass is 9.95. The first kappa shape index (κ1) is 28.9. The number of aliphatic hydroxyl groups is 2. The van der Waals surface area contributed by atoms with Gasteiger partial charge in [0.2, 0.25) is 5.69 Å². The van der Waals surface area contributed by atoms with Gasteiger partial charge >= 0.3 is 5.66 Å². The molecule has 0 saturated carbocycles. The van der Waals surface area contributed by atoms with E-state index in [0.717, 1.165) is 44.9 Å². The summed E-state index contributed by atoms with van der Waals surface area (Å²) in [4.78, 5) is 0. The molecule has 7 rings (SSSR count). The monoisotopic (exact) mass is 618 g/mol. The maximum absolute atomic E-state index is 11.0. The molecule has 3 N–H and O–H groups in total. The van der Waals surface area contributed by atoms with Crippen molar-refractivity contribution in [3.05, 3.63) is 126 Å². The Morgan fingerprint density at radius 2 is 1.49 bits per heavy atom. The molecule has 0 fully saturated rings. The van der Waals surface area contributed by atoms with Crippen LogP contribution in [0.4, 0.5) is 0 Å². The number of benzene rings is 3. The molecule has 0 amide bonds. The zero-order valence-electron chi connectivity index (χ0n) is 24.2. The molecule has 2 aliphatic rings. The first-order chi connectivity index (χ1) is 21.8. The quantitative estimate of drug-likeness (QED) is 0.106. The van der Waals surface area contributed by atoms with E-state index in [9.17, 15) is 18.6 Å². The molecule has 0 saturated heterocycles. The van der Waals surface area contributed by atoms with Crippen molar-refractivity contribution in [2.45, 2.75) is 25.3 Å². The largest absolute Gasteiger partial charge is 0.494 e. The summed E-state index contributed by atoms with van der Waals surface area (Å²) in [5, 5.41) is 19.6. The molecule has 1 atom stereocenters. The summed E-state index contributed by atoms with van der Waals surface area (Å²) in [6.45, 7) is -0.0995. The Morgan fingerprint density at radius 1 is 0.778 bits per heavy atom. The van der Waals surface area contributed by atoms with Crippen LogP contribution in [0.15, 0.2) is 103 Å². The van der Waals surface area contributed by atoms with Gasteiger partial charge in [-0.2, -0.15) is 8.42 Å². The summed E-state index contributed by atoms with van der Waals surface area (Å²) in [5.41, 5.74) is 8.48. The van der Waals surface area contributed by atoms with E-state index in [-0.39, 0.29) is 32.0 Å². The minimum atomic E-state index is -4.01. The van der Waals surface area contributed by atoms with Gasteiger partial charge in [0, 0.05) is 29.8 Å². The molecule has 0 bridgehead atoms. The van der Waals surface area contributed by atoms with Gasteiger partial charge < -0.3 is 14.9 Å². The van der Waals surface area contributed by atoms with Crippen LogP contribution < -0.4 is 13.9 Å². The number of pyridine rings is 2. The van der Waals surface area contributed by atoms with Gasteiger partial charge in [0.15, 0.2) is 6.20 Å². The Hall–Kier alpha value is -4.85. The number of aliphatic hydroxyl groups excluding tert-OH is 2. The third kappa shape index (κ3) is 5.08. The van der Waals surface area contributed by atoms with Crippen LogP contribution in [0, 0.1) is 11.8 Å². The van der Waals surface area contributed by atoms with Crippen LogP contribution in [0.3, 0.4) is 0 Å². The third-order valence-corrected chi connectivity index (χ3v) is 9.05. The summed E-state index contributed by atoms with van der Waals surface area (Å²) in [7, 11) is -4.01. The van der Waals surface area contributed by atoms with Crippen molar-refractivity contribution in [1.82, 2.24) is 0 Å². The lowest BCUT2D eigenvalue weighted by Crippen LogP contribution is -2.67. The standard InChI is InChI=1S/C36H29N2O6S/c39-23-26-18-25(19-27(20-26)24-40)13-14-36-32-7-2-1-6-31(32)34-21-29(22-35(38(34)36)33-8-3-4-15-37(33)36)28-9-11-30(12-10-28)44-16-5-17-45(41,42)43/h1-4,6-12,15,18-22,39-40H,5,16-17,23-24H2/q+1/p+1. The lowest BCUT2D eigenvalue weighted by molar-refractivity contribution is -0.924. The van der Waals surface area contributed by atoms with E-state index >= 15 is 0 Å². The zero-order chi connectivity index (χ0) is 31.2. The Kier molecular flexibility index (Phi) is 7.23. The number of aromatic nitrogens is 2. The van der Waals surface area contributed by atoms with Crippen molar-refractivity contribution in [2.75, 3.05) is 12.4 Å². The summed E-state index contributed by atoms with van der Waals surface area (Å²) < 4.78 is 41.1. The van der Waals surface area contributed by atoms with E-state index in [2.05, 4.69) is 57.5 Å². The van der Waals surface area contributed by atoms with E-state index in [0.29, 0.717) is 16.9 Å². The van der Waals surface area contributed by atoms with Crippen molar-refractivity contribution in [3.63, 3.8) is 0 Å². The fourth-order valence-corrected chi connectivity index (χ4v) is 6.82. The Bertz CT molecular complexity index is 2040. The molecule has 1 unspecified atom stereocenters. The topological polar surface area (TPSA) is 112 Å². The zero-order valence-corrected chi connectivity index (χ0v) is 25.0. The summed E-state index contributed by atoms with van der Waals surface area (Å²) in [6.07, 6.45) is 2.25. The predicted octanol–water partition coefficient (Wildman–Crippen LogP) is 3.83. The highest BCUT2D eigenvalue weighted by molar-refractivity contribution is 7.85. The molecule has 0 aliphatic carbocycles. The van der Waals surface area contributed by atoms with Crippen LogP contribution >= 0.6 is 0 Å². The first-order valence-electron chi connectivity index (χ1n) is 14.6. The molecule has 3 aromatic carbocycles. The van der Waals surface area contributed by atoms with Gasteiger partial charge in [-0.05, 0) is 71.1 Å². The van der Waals surface area contributed by atoms with Crippen LogP contribution in [0.1, 0.15) is 28.7 Å². The van der Waals surface area contributed by atoms with Crippen molar-refractivity contribution in [2.24, 2.45) is 0 Å². The average Bonchev–Trinajstić information content (AvgIpc) is 3.51. The molecular weight excluding hydrogens is 588 g/mol. The molecule has 8 nitrogen and oxygen atoms in total. The fraction of sp³-hybridized carbons (Fsp3) is 0.167. The third-order valence-electron chi connectivity index (χ3n) is 8.24. The molecule has 2 aromatic heterocycles. The lowest BCUT2D eigenvalue weighted by Gasteiger charge is -2.10. The molecule has 9 heteroatoms. The van der Waals surface area contributed by atoms with Crippen molar-refractivity contribution in [3.8, 4) is 51.4 Å². The Morgan fingerprint density at radius 3 is 2.22 bits per heavy atom. The van der Waals surface area contributed by atoms with Gasteiger partial charge in [0.05, 0.1) is 37.1 Å². The number of hydrogen-bond acceptors (Lipinski definition) is 5. The summed E-state index contributed by atoms with van der Waals surface area (Å²) in [6, 6.07) is 31.9. The van der Waals surface area contributed by atoms with Crippen LogP contribution in [0.2, 0.25) is 0 Å². The van der Waals surface area contributed by atoms with Gasteiger partial charge in [0.25, 0.3) is 21.5 Å². The molecule has 2 aliphatic heterocycles. The van der Waals surface area contributed by atoms with Crippen LogP contribution in [-0.2, 0) is 29.0 Å². The molecule has 45 heavy (non-hydrogen) atoms. The number of ether oxygens (including phenoxy) is 1. The minimum absolute atomic E-state index is 0.139. The second-order valence-corrected chi connectivity index (χ2v) is 12.7. The Balaban J connectivity index is 1.34. The van der Waals surface area contributed by atoms with Gasteiger partial charge in [-0.3, -0.25) is 4.55 Å². The van der Waals surface area contributed by atoms with Crippen LogP contribution in [-0.4, -0.2) is 35.5 Å². The van der Waals surface area contributed by atoms with E-state index < -0.39 is 15.8 Å². The Labute approximate surface area is 261 Å². The summed E-state index contributed by atoms with van der Waals surface area (Å²) in [5.74, 6) is 7.29. The van der Waals surface area contributed by atoms with E-state index in [4.69, 9.17) is 9.29 Å². The van der Waals surface area contributed by atoms with Gasteiger partial charge in [-0.1, -0.05) is 36.3 Å². The first-order valence-corrected chi connectivity index (χ1v) is 16.2. The second kappa shape index (κ2) is 11.3. The predicted molar refractivity (Wildman–Crippen MR) is 167 cm³/mol. The maximum atomic E-state index is 11.0. The molecular formula is C36H30N2O6S+2. The normalized spacial score (nSPS) is 15.5. The van der Waals surface area contributed by atoms with Crippen LogP contribution in [0.5, 0.6) is 5.75 Å². The van der Waals surface area contributed by atoms with Crippen molar-refractivity contribution >= 4 is 10.1 Å². The van der Waals surface area contributed by atoms with Gasteiger partial charge in [0.1, 0.15) is 11.3 Å². The summed E-state index contributed by atoms with van der Waals surface area (Å²) >= 11 is 0. The minimum Gasteiger partial charge on any atom is -0.494 e. The number of rotatable bonds is 8. The number of fused-ring (bicyclic) bond motifs is 6. The van der Waals surface area contributed by atoms with E-state index in [1.54, 1.807) is 6.07 Å². The van der Waals surface area contributed by atoms with Crippen molar-refractivity contribution < 1.29 is 37.1 Å². The van der Waals surface area contributed by atoms with E-state index in [1.165, 1.54) is 0 Å². The molecule has 224 valence electrons. The smallest absolute Gasteiger partial charge is 0.455 e. The van der Waals surface area contributed by atoms with Gasteiger partial charge in [-0.25, -0.2) is 0 Å². The molecule has 0 radical (unpaired) electrons. The highest BCUT2D eigenvalue weighted by Crippen LogP contribution is 2.43. The molecule has 5 aromatic rings. The SMILES string of the molecule is O=S(=O)(O)CCCOc1ccc(-c2cc3[n+]4c(c2)-c2cccc[n+]2C4(C#Cc2cc(CO)cc(CO)c2)c2ccccc2-3)cc1. The van der Waals surface area contributed by atoms with Crippen molar-refractivity contribution in [1.29, 1.82) is 0 Å². The molecule has 4 heterocycles. The van der Waals surface area contributed by atoms with Gasteiger partial charge in [-0.15, -0.1) is 9.13 Å². The number of nitrogens with zero attached hydrogens (tertiary/aromatic N) is 2. The fourth-order valence-electron chi connectivity index (χ4n) is 6.33. The van der Waals surface area contributed by atoms with Crippen LogP contribution in [0.25, 0.3) is 33.8 Å². The highest BCUT2D eigenvalue weighted by Gasteiger charge is 2.66. The average molecular weight is 619 g/mol. The maximum Gasteiger partial charge on any atom is 0.455 e. The highest BCUT2D eigenvalue weighted by atomic mass is 32.2.